The SMILES string of the molecule is CC[C@H](C(=O)NC1CCCC1)N(Cc1ccccc1)C(=O)CN(c1ccc(C)cc1C)S(=O)(=O)c1ccc(C)cc1. The number of benzene rings is 3. The lowest BCUT2D eigenvalue weighted by Crippen LogP contribution is -2.53. The van der Waals surface area contributed by atoms with E-state index in [9.17, 15) is 18.0 Å². The number of nitrogens with one attached hydrogen (secondary N) is 1. The molecule has 41 heavy (non-hydrogen) atoms. The molecule has 3 aromatic rings. The average Bonchev–Trinajstić information content (AvgIpc) is 3.45. The molecule has 0 bridgehead atoms. The molecule has 0 aliphatic heterocycles. The van der Waals surface area contributed by atoms with E-state index >= 15 is 0 Å². The minimum absolute atomic E-state index is 0.108. The number of carbonyl (C=O) groups excluding carboxylic acids is 2. The Morgan fingerprint density at radius 2 is 1.54 bits per heavy atom. The lowest BCUT2D eigenvalue weighted by atomic mass is 10.1. The Kier molecular flexibility index (Phi) is 9.86. The Hall–Kier alpha value is -3.65. The lowest BCUT2D eigenvalue weighted by molar-refractivity contribution is -0.140. The van der Waals surface area contributed by atoms with Gasteiger partial charge in [-0.15, -0.1) is 0 Å². The molecule has 1 aliphatic rings. The smallest absolute Gasteiger partial charge is 0.264 e. The molecule has 0 saturated heterocycles. The molecule has 0 unspecified atom stereocenters. The van der Waals surface area contributed by atoms with Crippen LogP contribution in [0.2, 0.25) is 0 Å². The van der Waals surface area contributed by atoms with Crippen molar-refractivity contribution in [3.8, 4) is 0 Å². The molecule has 4 rings (SSSR count). The largest absolute Gasteiger partial charge is 0.352 e. The molecule has 218 valence electrons. The number of hydrogen-bond donors (Lipinski definition) is 1. The zero-order valence-corrected chi connectivity index (χ0v) is 25.3. The summed E-state index contributed by atoms with van der Waals surface area (Å²) in [6, 6.07) is 21.0. The fraction of sp³-hybridized carbons (Fsp3) is 0.394. The van der Waals surface area contributed by atoms with Gasteiger partial charge in [-0.1, -0.05) is 85.5 Å². The van der Waals surface area contributed by atoms with Gasteiger partial charge in [-0.25, -0.2) is 8.42 Å². The van der Waals surface area contributed by atoms with Crippen LogP contribution in [0.15, 0.2) is 77.7 Å². The van der Waals surface area contributed by atoms with Crippen molar-refractivity contribution in [3.63, 3.8) is 0 Å². The Bertz CT molecular complexity index is 1450. The van der Waals surface area contributed by atoms with Gasteiger partial charge in [0.15, 0.2) is 0 Å². The van der Waals surface area contributed by atoms with E-state index in [4.69, 9.17) is 0 Å². The maximum absolute atomic E-state index is 14.2. The summed E-state index contributed by atoms with van der Waals surface area (Å²) in [6.45, 7) is 7.33. The van der Waals surface area contributed by atoms with Gasteiger partial charge < -0.3 is 10.2 Å². The van der Waals surface area contributed by atoms with Crippen LogP contribution in [0.1, 0.15) is 61.3 Å². The molecule has 0 radical (unpaired) electrons. The van der Waals surface area contributed by atoms with E-state index in [1.54, 1.807) is 35.2 Å². The van der Waals surface area contributed by atoms with Crippen LogP contribution in [0.25, 0.3) is 0 Å². The van der Waals surface area contributed by atoms with E-state index in [2.05, 4.69) is 5.32 Å². The number of sulfonamides is 1. The minimum Gasteiger partial charge on any atom is -0.352 e. The van der Waals surface area contributed by atoms with Gasteiger partial charge in [0, 0.05) is 12.6 Å². The highest BCUT2D eigenvalue weighted by Crippen LogP contribution is 2.29. The second-order valence-electron chi connectivity index (χ2n) is 11.0. The highest BCUT2D eigenvalue weighted by Gasteiger charge is 2.35. The highest BCUT2D eigenvalue weighted by atomic mass is 32.2. The van der Waals surface area contributed by atoms with Crippen LogP contribution in [0.3, 0.4) is 0 Å². The number of rotatable bonds is 11. The molecule has 1 fully saturated rings. The second kappa shape index (κ2) is 13.3. The van der Waals surface area contributed by atoms with E-state index < -0.39 is 28.5 Å². The predicted octanol–water partition coefficient (Wildman–Crippen LogP) is 5.67. The van der Waals surface area contributed by atoms with E-state index in [1.807, 2.05) is 70.2 Å². The van der Waals surface area contributed by atoms with Crippen molar-refractivity contribution in [2.75, 3.05) is 10.8 Å². The fourth-order valence-corrected chi connectivity index (χ4v) is 6.98. The van der Waals surface area contributed by atoms with Gasteiger partial charge in [-0.2, -0.15) is 0 Å². The average molecular weight is 576 g/mol. The van der Waals surface area contributed by atoms with Gasteiger partial charge in [-0.3, -0.25) is 13.9 Å². The molecule has 1 atom stereocenters. The van der Waals surface area contributed by atoms with Crippen LogP contribution >= 0.6 is 0 Å². The number of anilines is 1. The summed E-state index contributed by atoms with van der Waals surface area (Å²) in [6.07, 6.45) is 4.44. The van der Waals surface area contributed by atoms with Gasteiger partial charge in [0.2, 0.25) is 11.8 Å². The van der Waals surface area contributed by atoms with Crippen LogP contribution in [-0.2, 0) is 26.2 Å². The molecule has 1 saturated carbocycles. The second-order valence-corrected chi connectivity index (χ2v) is 12.9. The third kappa shape index (κ3) is 7.36. The van der Waals surface area contributed by atoms with Crippen molar-refractivity contribution < 1.29 is 18.0 Å². The number of amides is 2. The van der Waals surface area contributed by atoms with Crippen LogP contribution in [0, 0.1) is 20.8 Å². The first-order chi connectivity index (χ1) is 19.6. The maximum Gasteiger partial charge on any atom is 0.264 e. The monoisotopic (exact) mass is 575 g/mol. The molecular weight excluding hydrogens is 534 g/mol. The van der Waals surface area contributed by atoms with Gasteiger partial charge >= 0.3 is 0 Å². The van der Waals surface area contributed by atoms with Crippen LogP contribution in [0.4, 0.5) is 5.69 Å². The first-order valence-electron chi connectivity index (χ1n) is 14.4. The van der Waals surface area contributed by atoms with E-state index in [-0.39, 0.29) is 23.4 Å². The van der Waals surface area contributed by atoms with Crippen LogP contribution < -0.4 is 9.62 Å². The number of aryl methyl sites for hydroxylation is 3. The Morgan fingerprint density at radius 1 is 0.902 bits per heavy atom. The summed E-state index contributed by atoms with van der Waals surface area (Å²) in [5, 5.41) is 3.15. The molecule has 1 aliphatic carbocycles. The molecule has 0 heterocycles. The maximum atomic E-state index is 14.2. The van der Waals surface area contributed by atoms with E-state index in [1.165, 1.54) is 4.31 Å². The summed E-state index contributed by atoms with van der Waals surface area (Å²) in [7, 11) is -4.09. The van der Waals surface area contributed by atoms with Gasteiger partial charge in [-0.05, 0) is 69.4 Å². The topological polar surface area (TPSA) is 86.8 Å². The molecular formula is C33H41N3O4S. The minimum atomic E-state index is -4.09. The molecule has 1 N–H and O–H groups in total. The van der Waals surface area contributed by atoms with E-state index in [0.29, 0.717) is 12.1 Å². The standard InChI is InChI=1S/C33H41N3O4S/c1-5-30(33(38)34-28-13-9-10-14-28)35(22-27-11-7-6-8-12-27)32(37)23-36(31-20-17-25(3)21-26(31)4)41(39,40)29-18-15-24(2)16-19-29/h6-8,11-12,15-21,28,30H,5,9-10,13-14,22-23H2,1-4H3,(H,34,38)/t30-/m1/s1. The zero-order chi connectivity index (χ0) is 29.6. The fourth-order valence-electron chi connectivity index (χ4n) is 5.50. The van der Waals surface area contributed by atoms with Crippen LogP contribution in [-0.4, -0.2) is 43.8 Å². The highest BCUT2D eigenvalue weighted by molar-refractivity contribution is 7.92. The third-order valence-corrected chi connectivity index (χ3v) is 9.57. The summed E-state index contributed by atoms with van der Waals surface area (Å²) in [4.78, 5) is 29.4. The molecule has 0 aromatic heterocycles. The zero-order valence-electron chi connectivity index (χ0n) is 24.5. The van der Waals surface area contributed by atoms with Crippen molar-refractivity contribution in [1.29, 1.82) is 0 Å². The molecule has 8 heteroatoms. The van der Waals surface area contributed by atoms with Crippen molar-refractivity contribution in [3.05, 3.63) is 95.1 Å². The predicted molar refractivity (Wildman–Crippen MR) is 163 cm³/mol. The normalized spacial score (nSPS) is 14.4. The summed E-state index contributed by atoms with van der Waals surface area (Å²) >= 11 is 0. The quantitative estimate of drug-likeness (QED) is 0.319. The Balaban J connectivity index is 1.73. The summed E-state index contributed by atoms with van der Waals surface area (Å²) in [5.41, 5.74) is 3.98. The number of hydrogen-bond acceptors (Lipinski definition) is 4. The van der Waals surface area contributed by atoms with Crippen LogP contribution in [0.5, 0.6) is 0 Å². The van der Waals surface area contributed by atoms with Crippen molar-refractivity contribution >= 4 is 27.5 Å². The summed E-state index contributed by atoms with van der Waals surface area (Å²) in [5.74, 6) is -0.624. The Labute approximate surface area is 244 Å². The molecule has 7 nitrogen and oxygen atoms in total. The number of nitrogens with zero attached hydrogens (tertiary/aromatic N) is 2. The molecule has 2 amide bonds. The molecule has 0 spiro atoms. The third-order valence-electron chi connectivity index (χ3n) is 7.79. The first-order valence-corrected chi connectivity index (χ1v) is 15.8. The van der Waals surface area contributed by atoms with E-state index in [0.717, 1.165) is 47.9 Å². The van der Waals surface area contributed by atoms with Gasteiger partial charge in [0.1, 0.15) is 12.6 Å². The Morgan fingerprint density at radius 3 is 2.15 bits per heavy atom. The van der Waals surface area contributed by atoms with Gasteiger partial charge in [0.25, 0.3) is 10.0 Å². The van der Waals surface area contributed by atoms with Crippen molar-refractivity contribution in [1.82, 2.24) is 10.2 Å². The number of carbonyl (C=O) groups is 2. The first kappa shape index (κ1) is 30.3. The van der Waals surface area contributed by atoms with Gasteiger partial charge in [0.05, 0.1) is 10.6 Å². The lowest BCUT2D eigenvalue weighted by Gasteiger charge is -2.34. The van der Waals surface area contributed by atoms with Crippen molar-refractivity contribution in [2.45, 2.75) is 83.3 Å². The summed E-state index contributed by atoms with van der Waals surface area (Å²) < 4.78 is 29.3. The molecule has 3 aromatic carbocycles. The van der Waals surface area contributed by atoms with Crippen molar-refractivity contribution in [2.24, 2.45) is 0 Å².